The fraction of sp³-hybridized carbons (Fsp3) is 0.0476. The number of nitrogens with one attached hydrogen (secondary N) is 1. The van der Waals surface area contributed by atoms with Crippen LogP contribution in [0.5, 0.6) is 0 Å². The Kier molecular flexibility index (Phi) is 5.59. The molecule has 3 aromatic carbocycles. The van der Waals surface area contributed by atoms with Crippen LogP contribution in [0.1, 0.15) is 0 Å². The van der Waals surface area contributed by atoms with Gasteiger partial charge in [-0.25, -0.2) is 4.68 Å². The van der Waals surface area contributed by atoms with Crippen LogP contribution >= 0.6 is 23.4 Å². The number of hydrogen-bond donors (Lipinski definition) is 1. The second-order valence-corrected chi connectivity index (χ2v) is 7.72. The maximum Gasteiger partial charge on any atom is 0.278 e. The zero-order valence-electron chi connectivity index (χ0n) is 15.1. The predicted molar refractivity (Wildman–Crippen MR) is 114 cm³/mol. The van der Waals surface area contributed by atoms with Gasteiger partial charge in [0, 0.05) is 14.8 Å². The topological polar surface area (TPSA) is 76.9 Å². The lowest BCUT2D eigenvalue weighted by atomic mass is 10.2. The van der Waals surface area contributed by atoms with E-state index in [0.717, 1.165) is 14.5 Å². The van der Waals surface area contributed by atoms with E-state index in [9.17, 15) is 9.59 Å². The summed E-state index contributed by atoms with van der Waals surface area (Å²) in [6, 6.07) is 21.8. The number of halogens is 1. The van der Waals surface area contributed by atoms with Gasteiger partial charge in [-0.2, -0.15) is 0 Å². The molecule has 0 aliphatic carbocycles. The van der Waals surface area contributed by atoms with Gasteiger partial charge in [-0.05, 0) is 48.5 Å². The summed E-state index contributed by atoms with van der Waals surface area (Å²) in [5.41, 5.74) is 0.799. The highest BCUT2D eigenvalue weighted by Crippen LogP contribution is 2.33. The van der Waals surface area contributed by atoms with Gasteiger partial charge in [0.25, 0.3) is 5.56 Å². The summed E-state index contributed by atoms with van der Waals surface area (Å²) in [7, 11) is 0. The number of carbonyl (C=O) groups excluding carboxylic acids is 1. The minimum atomic E-state index is -0.360. The number of rotatable bonds is 5. The van der Waals surface area contributed by atoms with E-state index >= 15 is 0 Å². The van der Waals surface area contributed by atoms with E-state index in [1.807, 2.05) is 48.5 Å². The number of amides is 1. The van der Waals surface area contributed by atoms with Gasteiger partial charge in [0.05, 0.1) is 11.1 Å². The van der Waals surface area contributed by atoms with Crippen molar-refractivity contribution in [2.75, 3.05) is 5.32 Å². The summed E-state index contributed by atoms with van der Waals surface area (Å²) < 4.78 is 1.06. The van der Waals surface area contributed by atoms with Crippen LogP contribution in [0.2, 0.25) is 5.02 Å². The monoisotopic (exact) mass is 422 g/mol. The molecule has 4 rings (SSSR count). The molecule has 0 saturated carbocycles. The average Bonchev–Trinajstić information content (AvgIpc) is 2.73. The molecule has 0 fully saturated rings. The van der Waals surface area contributed by atoms with Gasteiger partial charge in [0.15, 0.2) is 0 Å². The Labute approximate surface area is 175 Å². The summed E-state index contributed by atoms with van der Waals surface area (Å²) in [5, 5.41) is 11.8. The first-order valence-electron chi connectivity index (χ1n) is 8.75. The summed E-state index contributed by atoms with van der Waals surface area (Å²) in [6.45, 7) is -0.226. The molecule has 8 heteroatoms. The van der Waals surface area contributed by atoms with Crippen molar-refractivity contribution in [2.24, 2.45) is 0 Å². The molecule has 0 bridgehead atoms. The number of nitrogens with zero attached hydrogens (tertiary/aromatic N) is 3. The quantitative estimate of drug-likeness (QED) is 0.520. The van der Waals surface area contributed by atoms with Crippen LogP contribution in [0.25, 0.3) is 10.9 Å². The SMILES string of the molecule is O=C(Cn1nnc2ccccc2c1=O)Nc1ccccc1Sc1ccc(Cl)cc1. The largest absolute Gasteiger partial charge is 0.323 e. The van der Waals surface area contributed by atoms with Crippen LogP contribution in [-0.2, 0) is 11.3 Å². The Morgan fingerprint density at radius 3 is 2.55 bits per heavy atom. The van der Waals surface area contributed by atoms with Crippen molar-refractivity contribution in [2.45, 2.75) is 16.3 Å². The zero-order valence-corrected chi connectivity index (χ0v) is 16.7. The van der Waals surface area contributed by atoms with E-state index in [1.54, 1.807) is 24.3 Å². The molecule has 1 aromatic heterocycles. The minimum absolute atomic E-state index is 0.226. The van der Waals surface area contributed by atoms with E-state index in [4.69, 9.17) is 11.6 Å². The molecule has 1 N–H and O–H groups in total. The smallest absolute Gasteiger partial charge is 0.278 e. The minimum Gasteiger partial charge on any atom is -0.323 e. The molecule has 6 nitrogen and oxygen atoms in total. The lowest BCUT2D eigenvalue weighted by molar-refractivity contribution is -0.117. The maximum atomic E-state index is 12.6. The molecule has 1 heterocycles. The molecule has 0 aliphatic heterocycles. The number of anilines is 1. The molecule has 0 atom stereocenters. The molecule has 0 spiro atoms. The molecular weight excluding hydrogens is 408 g/mol. The van der Waals surface area contributed by atoms with E-state index in [2.05, 4.69) is 15.6 Å². The van der Waals surface area contributed by atoms with Gasteiger partial charge in [0.1, 0.15) is 12.1 Å². The van der Waals surface area contributed by atoms with E-state index < -0.39 is 0 Å². The molecule has 0 aliphatic rings. The average molecular weight is 423 g/mol. The van der Waals surface area contributed by atoms with Crippen LogP contribution < -0.4 is 10.9 Å². The van der Waals surface area contributed by atoms with Crippen LogP contribution in [-0.4, -0.2) is 20.9 Å². The Morgan fingerprint density at radius 1 is 1.00 bits per heavy atom. The van der Waals surface area contributed by atoms with Crippen LogP contribution in [0.4, 0.5) is 5.69 Å². The number of aromatic nitrogens is 3. The third kappa shape index (κ3) is 4.47. The zero-order chi connectivity index (χ0) is 20.2. The second kappa shape index (κ2) is 8.46. The third-order valence-corrected chi connectivity index (χ3v) is 5.46. The van der Waals surface area contributed by atoms with Gasteiger partial charge >= 0.3 is 0 Å². The Bertz CT molecular complexity index is 1240. The summed E-state index contributed by atoms with van der Waals surface area (Å²) in [6.07, 6.45) is 0. The summed E-state index contributed by atoms with van der Waals surface area (Å²) in [4.78, 5) is 26.9. The van der Waals surface area contributed by atoms with Crippen molar-refractivity contribution in [1.82, 2.24) is 15.0 Å². The van der Waals surface area contributed by atoms with E-state index in [-0.39, 0.29) is 18.0 Å². The van der Waals surface area contributed by atoms with Crippen LogP contribution in [0, 0.1) is 0 Å². The lowest BCUT2D eigenvalue weighted by Gasteiger charge is -2.11. The van der Waals surface area contributed by atoms with Gasteiger partial charge in [0.2, 0.25) is 5.91 Å². The number of carbonyl (C=O) groups is 1. The fourth-order valence-electron chi connectivity index (χ4n) is 2.74. The molecule has 144 valence electrons. The van der Waals surface area contributed by atoms with E-state index in [1.165, 1.54) is 11.8 Å². The van der Waals surface area contributed by atoms with Crippen molar-refractivity contribution in [3.05, 3.63) is 88.2 Å². The van der Waals surface area contributed by atoms with Crippen molar-refractivity contribution in [1.29, 1.82) is 0 Å². The summed E-state index contributed by atoms with van der Waals surface area (Å²) >= 11 is 7.44. The Morgan fingerprint density at radius 2 is 1.72 bits per heavy atom. The molecule has 0 saturated heterocycles. The van der Waals surface area contributed by atoms with Crippen LogP contribution in [0.15, 0.2) is 87.4 Å². The van der Waals surface area contributed by atoms with Crippen molar-refractivity contribution >= 4 is 45.9 Å². The highest BCUT2D eigenvalue weighted by atomic mass is 35.5. The number of para-hydroxylation sites is 1. The molecule has 29 heavy (non-hydrogen) atoms. The van der Waals surface area contributed by atoms with E-state index in [0.29, 0.717) is 21.6 Å². The van der Waals surface area contributed by atoms with Crippen molar-refractivity contribution in [3.8, 4) is 0 Å². The highest BCUT2D eigenvalue weighted by Gasteiger charge is 2.12. The second-order valence-electron chi connectivity index (χ2n) is 6.17. The Hall–Kier alpha value is -3.16. The van der Waals surface area contributed by atoms with Crippen molar-refractivity contribution in [3.63, 3.8) is 0 Å². The first kappa shape index (κ1) is 19.2. The van der Waals surface area contributed by atoms with Gasteiger partial charge in [-0.15, -0.1) is 5.10 Å². The summed E-state index contributed by atoms with van der Waals surface area (Å²) in [5.74, 6) is -0.360. The number of hydrogen-bond acceptors (Lipinski definition) is 5. The predicted octanol–water partition coefficient (Wildman–Crippen LogP) is 4.23. The van der Waals surface area contributed by atoms with Crippen LogP contribution in [0.3, 0.4) is 0 Å². The maximum absolute atomic E-state index is 12.6. The molecular formula is C21H15ClN4O2S. The normalized spacial score (nSPS) is 10.8. The highest BCUT2D eigenvalue weighted by molar-refractivity contribution is 7.99. The standard InChI is InChI=1S/C21H15ClN4O2S/c22-14-9-11-15(12-10-14)29-19-8-4-3-7-18(19)23-20(27)13-26-21(28)16-5-1-2-6-17(16)24-25-26/h1-12H,13H2,(H,23,27). The molecule has 0 unspecified atom stereocenters. The number of benzene rings is 3. The third-order valence-electron chi connectivity index (χ3n) is 4.13. The molecule has 4 aromatic rings. The fourth-order valence-corrected chi connectivity index (χ4v) is 3.77. The van der Waals surface area contributed by atoms with Gasteiger partial charge in [-0.3, -0.25) is 9.59 Å². The lowest BCUT2D eigenvalue weighted by Crippen LogP contribution is -2.30. The molecule has 1 amide bonds. The molecule has 0 radical (unpaired) electrons. The Balaban J connectivity index is 1.53. The first-order valence-corrected chi connectivity index (χ1v) is 9.94. The number of fused-ring (bicyclic) bond motifs is 1. The van der Waals surface area contributed by atoms with Crippen molar-refractivity contribution < 1.29 is 4.79 Å². The van der Waals surface area contributed by atoms with Gasteiger partial charge < -0.3 is 5.32 Å². The first-order chi connectivity index (χ1) is 14.1. The van der Waals surface area contributed by atoms with Gasteiger partial charge in [-0.1, -0.05) is 52.8 Å².